The normalized spacial score (nSPS) is 18.8. The van der Waals surface area contributed by atoms with Crippen molar-refractivity contribution in [2.45, 2.75) is 12.5 Å². The summed E-state index contributed by atoms with van der Waals surface area (Å²) < 4.78 is 0. The Morgan fingerprint density at radius 3 is 2.52 bits per heavy atom. The van der Waals surface area contributed by atoms with Crippen LogP contribution >= 0.6 is 11.3 Å². The van der Waals surface area contributed by atoms with Crippen LogP contribution in [0.2, 0.25) is 0 Å². The molecule has 0 aliphatic carbocycles. The number of rotatable bonds is 5. The first-order valence-electron chi connectivity index (χ1n) is 10.8. The Hall–Kier alpha value is -3.66. The van der Waals surface area contributed by atoms with Crippen LogP contribution in [0.5, 0.6) is 0 Å². The average Bonchev–Trinajstić information content (AvgIpc) is 3.56. The van der Waals surface area contributed by atoms with Gasteiger partial charge in [0.05, 0.1) is 4.88 Å². The minimum atomic E-state index is -0.704. The minimum Gasteiger partial charge on any atom is -0.361 e. The second-order valence-electron chi connectivity index (χ2n) is 8.14. The van der Waals surface area contributed by atoms with E-state index in [0.29, 0.717) is 37.5 Å². The Bertz CT molecular complexity index is 1210. The van der Waals surface area contributed by atoms with E-state index in [1.165, 1.54) is 11.3 Å². The van der Waals surface area contributed by atoms with Gasteiger partial charge < -0.3 is 20.1 Å². The van der Waals surface area contributed by atoms with Gasteiger partial charge in [-0.1, -0.05) is 24.3 Å². The molecule has 0 spiro atoms. The van der Waals surface area contributed by atoms with E-state index in [0.717, 1.165) is 21.4 Å². The number of para-hydroxylation sites is 1. The number of hydrogen-bond acceptors (Lipinski definition) is 5. The first-order chi connectivity index (χ1) is 16.0. The molecule has 2 saturated heterocycles. The van der Waals surface area contributed by atoms with Crippen molar-refractivity contribution in [2.75, 3.05) is 32.7 Å². The second kappa shape index (κ2) is 8.70. The van der Waals surface area contributed by atoms with Crippen molar-refractivity contribution in [3.63, 3.8) is 0 Å². The van der Waals surface area contributed by atoms with Crippen LogP contribution in [0, 0.1) is 0 Å². The zero-order valence-corrected chi connectivity index (χ0v) is 18.6. The van der Waals surface area contributed by atoms with Crippen LogP contribution in [0.25, 0.3) is 10.9 Å². The van der Waals surface area contributed by atoms with E-state index in [1.54, 1.807) is 15.9 Å². The number of aromatic nitrogens is 1. The quantitative estimate of drug-likeness (QED) is 0.559. The summed E-state index contributed by atoms with van der Waals surface area (Å²) in [5.74, 6) is -0.731. The first-order valence-corrected chi connectivity index (χ1v) is 11.7. The number of benzene rings is 1. The van der Waals surface area contributed by atoms with Gasteiger partial charge in [0.2, 0.25) is 5.91 Å². The van der Waals surface area contributed by atoms with Gasteiger partial charge in [0.15, 0.2) is 0 Å². The lowest BCUT2D eigenvalue weighted by Crippen LogP contribution is -2.53. The molecule has 1 aromatic carbocycles. The summed E-state index contributed by atoms with van der Waals surface area (Å²) in [6, 6.07) is 10.1. The number of amides is 5. The number of aromatic amines is 1. The summed E-state index contributed by atoms with van der Waals surface area (Å²) in [5.41, 5.74) is 1.90. The standard InChI is InChI=1S/C23H23N5O4S/c29-20(26-7-9-27(10-8-26)22(31)19-6-3-11-33-19)14-28-21(30)18(25-23(28)32)12-15-13-24-17-5-2-1-4-16(15)17/h1-6,11,13,18,24H,7-10,12,14H2,(H,25,32)/t18-/m0/s1. The van der Waals surface area contributed by atoms with Gasteiger partial charge in [-0.05, 0) is 23.1 Å². The van der Waals surface area contributed by atoms with E-state index < -0.39 is 18.0 Å². The van der Waals surface area contributed by atoms with Gasteiger partial charge in [0.1, 0.15) is 12.6 Å². The van der Waals surface area contributed by atoms with Crippen molar-refractivity contribution in [1.82, 2.24) is 25.0 Å². The van der Waals surface area contributed by atoms with E-state index in [-0.39, 0.29) is 18.4 Å². The number of nitrogens with zero attached hydrogens (tertiary/aromatic N) is 3. The maximum Gasteiger partial charge on any atom is 0.325 e. The highest BCUT2D eigenvalue weighted by Gasteiger charge is 2.40. The van der Waals surface area contributed by atoms with Gasteiger partial charge >= 0.3 is 6.03 Å². The SMILES string of the molecule is O=C(CN1C(=O)N[C@@H](Cc2c[nH]c3ccccc23)C1=O)N1CCN(C(=O)c2cccs2)CC1. The summed E-state index contributed by atoms with van der Waals surface area (Å²) in [6.45, 7) is 1.29. The molecule has 2 aliphatic rings. The number of thiophene rings is 1. The molecular weight excluding hydrogens is 442 g/mol. The average molecular weight is 466 g/mol. The molecule has 4 heterocycles. The largest absolute Gasteiger partial charge is 0.361 e. The van der Waals surface area contributed by atoms with Gasteiger partial charge in [0.25, 0.3) is 11.8 Å². The number of urea groups is 1. The number of hydrogen-bond donors (Lipinski definition) is 2. The van der Waals surface area contributed by atoms with Crippen molar-refractivity contribution in [3.05, 3.63) is 58.4 Å². The van der Waals surface area contributed by atoms with Gasteiger partial charge in [-0.25, -0.2) is 4.79 Å². The highest BCUT2D eigenvalue weighted by Crippen LogP contribution is 2.21. The fourth-order valence-electron chi connectivity index (χ4n) is 4.34. The fourth-order valence-corrected chi connectivity index (χ4v) is 5.03. The summed E-state index contributed by atoms with van der Waals surface area (Å²) in [4.78, 5) is 58.8. The number of carbonyl (C=O) groups is 4. The molecule has 10 heteroatoms. The summed E-state index contributed by atoms with van der Waals surface area (Å²) in [7, 11) is 0. The van der Waals surface area contributed by atoms with Crippen LogP contribution in [-0.2, 0) is 16.0 Å². The van der Waals surface area contributed by atoms with E-state index in [4.69, 9.17) is 0 Å². The molecule has 170 valence electrons. The molecule has 0 bridgehead atoms. The maximum atomic E-state index is 12.9. The van der Waals surface area contributed by atoms with Crippen LogP contribution in [-0.4, -0.2) is 82.2 Å². The van der Waals surface area contributed by atoms with Crippen molar-refractivity contribution in [3.8, 4) is 0 Å². The topological polar surface area (TPSA) is 106 Å². The molecule has 33 heavy (non-hydrogen) atoms. The molecule has 2 fully saturated rings. The maximum absolute atomic E-state index is 12.9. The summed E-state index contributed by atoms with van der Waals surface area (Å²) in [6.07, 6.45) is 2.19. The third-order valence-electron chi connectivity index (χ3n) is 6.15. The highest BCUT2D eigenvalue weighted by molar-refractivity contribution is 7.12. The molecule has 3 aromatic rings. The van der Waals surface area contributed by atoms with Gasteiger partial charge in [-0.3, -0.25) is 19.3 Å². The number of fused-ring (bicyclic) bond motifs is 1. The molecule has 2 aliphatic heterocycles. The van der Waals surface area contributed by atoms with Crippen LogP contribution < -0.4 is 5.32 Å². The number of H-pyrrole nitrogens is 1. The first kappa shape index (κ1) is 21.2. The zero-order valence-electron chi connectivity index (χ0n) is 17.8. The van der Waals surface area contributed by atoms with Crippen LogP contribution in [0.15, 0.2) is 48.0 Å². The molecule has 5 amide bonds. The molecule has 5 rings (SSSR count). The zero-order chi connectivity index (χ0) is 22.9. The molecule has 2 N–H and O–H groups in total. The van der Waals surface area contributed by atoms with Crippen LogP contribution in [0.1, 0.15) is 15.2 Å². The fraction of sp³-hybridized carbons (Fsp3) is 0.304. The second-order valence-corrected chi connectivity index (χ2v) is 9.09. The smallest absolute Gasteiger partial charge is 0.325 e. The lowest BCUT2D eigenvalue weighted by molar-refractivity contribution is -0.138. The van der Waals surface area contributed by atoms with Crippen molar-refractivity contribution >= 4 is 46.0 Å². The Kier molecular flexibility index (Phi) is 5.59. The molecule has 0 saturated carbocycles. The summed E-state index contributed by atoms with van der Waals surface area (Å²) >= 11 is 1.39. The van der Waals surface area contributed by atoms with Crippen molar-refractivity contribution in [1.29, 1.82) is 0 Å². The lowest BCUT2D eigenvalue weighted by Gasteiger charge is -2.35. The monoisotopic (exact) mass is 465 g/mol. The van der Waals surface area contributed by atoms with Gasteiger partial charge in [-0.2, -0.15) is 0 Å². The van der Waals surface area contributed by atoms with Gasteiger partial charge in [-0.15, -0.1) is 11.3 Å². The van der Waals surface area contributed by atoms with E-state index >= 15 is 0 Å². The van der Waals surface area contributed by atoms with Crippen LogP contribution in [0.4, 0.5) is 4.79 Å². The number of imide groups is 1. The number of carbonyl (C=O) groups excluding carboxylic acids is 4. The van der Waals surface area contributed by atoms with Crippen molar-refractivity contribution < 1.29 is 19.2 Å². The Balaban J connectivity index is 1.17. The lowest BCUT2D eigenvalue weighted by atomic mass is 10.1. The Morgan fingerprint density at radius 1 is 1.00 bits per heavy atom. The van der Waals surface area contributed by atoms with Crippen molar-refractivity contribution in [2.24, 2.45) is 0 Å². The molecule has 9 nitrogen and oxygen atoms in total. The Labute approximate surface area is 193 Å². The number of piperazine rings is 1. The van der Waals surface area contributed by atoms with Crippen LogP contribution in [0.3, 0.4) is 0 Å². The number of nitrogens with one attached hydrogen (secondary N) is 2. The molecule has 1 atom stereocenters. The van der Waals surface area contributed by atoms with E-state index in [1.807, 2.05) is 41.9 Å². The highest BCUT2D eigenvalue weighted by atomic mass is 32.1. The third kappa shape index (κ3) is 4.09. The van der Waals surface area contributed by atoms with E-state index in [9.17, 15) is 19.2 Å². The molecular formula is C23H23N5O4S. The minimum absolute atomic E-state index is 0.0358. The van der Waals surface area contributed by atoms with E-state index in [2.05, 4.69) is 10.3 Å². The Morgan fingerprint density at radius 2 is 1.76 bits per heavy atom. The predicted octanol–water partition coefficient (Wildman–Crippen LogP) is 1.68. The third-order valence-corrected chi connectivity index (χ3v) is 7.01. The molecule has 2 aromatic heterocycles. The predicted molar refractivity (Wildman–Crippen MR) is 123 cm³/mol. The van der Waals surface area contributed by atoms with Gasteiger partial charge in [0, 0.05) is 49.7 Å². The summed E-state index contributed by atoms with van der Waals surface area (Å²) in [5, 5.41) is 5.57. The molecule has 0 unspecified atom stereocenters. The molecule has 0 radical (unpaired) electrons.